The minimum absolute atomic E-state index is 0.115. The maximum atomic E-state index is 10.7. The van der Waals surface area contributed by atoms with Crippen molar-refractivity contribution in [2.45, 2.75) is 19.9 Å². The number of nitrogens with one attached hydrogen (secondary N) is 1. The lowest BCUT2D eigenvalue weighted by molar-refractivity contribution is -0.384. The van der Waals surface area contributed by atoms with E-state index >= 15 is 0 Å². The number of benzene rings is 2. The topological polar surface area (TPSA) is 55.2 Å². The van der Waals surface area contributed by atoms with Gasteiger partial charge in [0.2, 0.25) is 0 Å². The predicted octanol–water partition coefficient (Wildman–Crippen LogP) is 4.84. The molecule has 0 aliphatic heterocycles. The molecule has 0 fully saturated rings. The molecule has 4 nitrogen and oxygen atoms in total. The molecule has 0 aliphatic rings. The van der Waals surface area contributed by atoms with E-state index in [2.05, 4.69) is 28.2 Å². The van der Waals surface area contributed by atoms with E-state index in [0.29, 0.717) is 0 Å². The second-order valence-corrected chi connectivity index (χ2v) is 5.59. The van der Waals surface area contributed by atoms with E-state index in [0.717, 1.165) is 21.3 Å². The van der Waals surface area contributed by atoms with Gasteiger partial charge in [-0.3, -0.25) is 10.1 Å². The fraction of sp³-hybridized carbons (Fsp3) is 0.200. The molecule has 104 valence electrons. The minimum Gasteiger partial charge on any atom is -0.378 e. The molecule has 0 saturated carbocycles. The van der Waals surface area contributed by atoms with Crippen molar-refractivity contribution in [3.63, 3.8) is 0 Å². The highest BCUT2D eigenvalue weighted by atomic mass is 79.9. The maximum Gasteiger partial charge on any atom is 0.269 e. The first-order valence-corrected chi connectivity index (χ1v) is 7.03. The van der Waals surface area contributed by atoms with Crippen molar-refractivity contribution in [3.8, 4) is 0 Å². The Balaban J connectivity index is 2.17. The zero-order chi connectivity index (χ0) is 14.7. The molecule has 0 aliphatic carbocycles. The van der Waals surface area contributed by atoms with Gasteiger partial charge in [0.15, 0.2) is 0 Å². The van der Waals surface area contributed by atoms with Gasteiger partial charge in [0.1, 0.15) is 0 Å². The summed E-state index contributed by atoms with van der Waals surface area (Å²) in [5, 5.41) is 14.1. The Bertz CT molecular complexity index is 626. The molecular formula is C15H15BrN2O2. The number of halogens is 1. The Kier molecular flexibility index (Phi) is 4.39. The number of anilines is 1. The summed E-state index contributed by atoms with van der Waals surface area (Å²) in [7, 11) is 0. The minimum atomic E-state index is -0.380. The molecule has 2 aromatic carbocycles. The number of hydrogen-bond donors (Lipinski definition) is 1. The van der Waals surface area contributed by atoms with Crippen LogP contribution in [-0.4, -0.2) is 4.92 Å². The van der Waals surface area contributed by atoms with Crippen LogP contribution in [0.25, 0.3) is 0 Å². The normalized spacial score (nSPS) is 11.9. The van der Waals surface area contributed by atoms with Gasteiger partial charge in [-0.1, -0.05) is 28.1 Å². The largest absolute Gasteiger partial charge is 0.378 e. The van der Waals surface area contributed by atoms with Crippen molar-refractivity contribution in [3.05, 3.63) is 68.2 Å². The van der Waals surface area contributed by atoms with E-state index in [1.807, 2.05) is 31.2 Å². The van der Waals surface area contributed by atoms with Crippen molar-refractivity contribution in [1.82, 2.24) is 0 Å². The first kappa shape index (κ1) is 14.5. The van der Waals surface area contributed by atoms with E-state index in [4.69, 9.17) is 0 Å². The molecule has 2 rings (SSSR count). The van der Waals surface area contributed by atoms with E-state index in [-0.39, 0.29) is 16.7 Å². The van der Waals surface area contributed by atoms with Crippen LogP contribution in [0.1, 0.15) is 24.1 Å². The summed E-state index contributed by atoms with van der Waals surface area (Å²) in [4.78, 5) is 10.3. The standard InChI is InChI=1S/C15H15BrN2O2/c1-10-9-14(18(19)20)7-8-15(10)17-11(2)12-3-5-13(16)6-4-12/h3-9,11,17H,1-2H3. The summed E-state index contributed by atoms with van der Waals surface area (Å²) >= 11 is 3.41. The second kappa shape index (κ2) is 6.05. The second-order valence-electron chi connectivity index (χ2n) is 4.67. The van der Waals surface area contributed by atoms with Gasteiger partial charge in [-0.15, -0.1) is 0 Å². The fourth-order valence-corrected chi connectivity index (χ4v) is 2.26. The van der Waals surface area contributed by atoms with Gasteiger partial charge in [-0.05, 0) is 43.2 Å². The molecule has 0 spiro atoms. The smallest absolute Gasteiger partial charge is 0.269 e. The van der Waals surface area contributed by atoms with Crippen LogP contribution in [0.3, 0.4) is 0 Å². The Labute approximate surface area is 126 Å². The Morgan fingerprint density at radius 3 is 2.40 bits per heavy atom. The first-order valence-electron chi connectivity index (χ1n) is 6.24. The van der Waals surface area contributed by atoms with Gasteiger partial charge in [0, 0.05) is 28.3 Å². The number of nitro groups is 1. The van der Waals surface area contributed by atoms with Gasteiger partial charge in [0.05, 0.1) is 4.92 Å². The zero-order valence-electron chi connectivity index (χ0n) is 11.3. The van der Waals surface area contributed by atoms with Crippen LogP contribution < -0.4 is 5.32 Å². The molecule has 20 heavy (non-hydrogen) atoms. The number of aryl methyl sites for hydroxylation is 1. The van der Waals surface area contributed by atoms with Crippen LogP contribution in [0.5, 0.6) is 0 Å². The molecule has 0 heterocycles. The third kappa shape index (κ3) is 3.36. The molecule has 0 amide bonds. The van der Waals surface area contributed by atoms with Crippen molar-refractivity contribution < 1.29 is 4.92 Å². The quantitative estimate of drug-likeness (QED) is 0.642. The van der Waals surface area contributed by atoms with Gasteiger partial charge in [-0.2, -0.15) is 0 Å². The van der Waals surface area contributed by atoms with Gasteiger partial charge in [0.25, 0.3) is 5.69 Å². The average molecular weight is 335 g/mol. The molecule has 5 heteroatoms. The van der Waals surface area contributed by atoms with Crippen molar-refractivity contribution in [1.29, 1.82) is 0 Å². The summed E-state index contributed by atoms with van der Waals surface area (Å²) < 4.78 is 1.04. The van der Waals surface area contributed by atoms with Crippen LogP contribution in [-0.2, 0) is 0 Å². The fourth-order valence-electron chi connectivity index (χ4n) is 1.99. The van der Waals surface area contributed by atoms with Crippen molar-refractivity contribution in [2.24, 2.45) is 0 Å². The van der Waals surface area contributed by atoms with Gasteiger partial charge >= 0.3 is 0 Å². The Hall–Kier alpha value is -1.88. The van der Waals surface area contributed by atoms with E-state index < -0.39 is 0 Å². The molecular weight excluding hydrogens is 320 g/mol. The molecule has 0 aromatic heterocycles. The van der Waals surface area contributed by atoms with Crippen molar-refractivity contribution in [2.75, 3.05) is 5.32 Å². The highest BCUT2D eigenvalue weighted by molar-refractivity contribution is 9.10. The molecule has 1 N–H and O–H groups in total. The summed E-state index contributed by atoms with van der Waals surface area (Å²) in [6, 6.07) is 13.1. The Morgan fingerprint density at radius 1 is 1.20 bits per heavy atom. The summed E-state index contributed by atoms with van der Waals surface area (Å²) in [6.07, 6.45) is 0. The molecule has 0 bridgehead atoms. The van der Waals surface area contributed by atoms with E-state index in [1.54, 1.807) is 12.1 Å². The Morgan fingerprint density at radius 2 is 1.85 bits per heavy atom. The maximum absolute atomic E-state index is 10.7. The monoisotopic (exact) mass is 334 g/mol. The summed E-state index contributed by atoms with van der Waals surface area (Å²) in [6.45, 7) is 3.92. The van der Waals surface area contributed by atoms with Crippen LogP contribution in [0.2, 0.25) is 0 Å². The lowest BCUT2D eigenvalue weighted by atomic mass is 10.1. The van der Waals surface area contributed by atoms with E-state index in [1.165, 1.54) is 6.07 Å². The summed E-state index contributed by atoms with van der Waals surface area (Å²) in [5.41, 5.74) is 3.05. The molecule has 1 atom stereocenters. The third-order valence-corrected chi connectivity index (χ3v) is 3.69. The van der Waals surface area contributed by atoms with Gasteiger partial charge in [-0.25, -0.2) is 0 Å². The molecule has 0 saturated heterocycles. The molecule has 1 unspecified atom stereocenters. The van der Waals surface area contributed by atoms with Crippen molar-refractivity contribution >= 4 is 27.3 Å². The number of hydrogen-bond acceptors (Lipinski definition) is 3. The number of nitro benzene ring substituents is 1. The predicted molar refractivity (Wildman–Crippen MR) is 84.0 cm³/mol. The van der Waals surface area contributed by atoms with Crippen LogP contribution in [0.4, 0.5) is 11.4 Å². The first-order chi connectivity index (χ1) is 9.47. The third-order valence-electron chi connectivity index (χ3n) is 3.16. The van der Waals surface area contributed by atoms with Crippen LogP contribution in [0, 0.1) is 17.0 Å². The zero-order valence-corrected chi connectivity index (χ0v) is 12.8. The lowest BCUT2D eigenvalue weighted by Crippen LogP contribution is -2.07. The number of nitrogens with zero attached hydrogens (tertiary/aromatic N) is 1. The van der Waals surface area contributed by atoms with Gasteiger partial charge < -0.3 is 5.32 Å². The molecule has 0 radical (unpaired) electrons. The van der Waals surface area contributed by atoms with E-state index in [9.17, 15) is 10.1 Å². The lowest BCUT2D eigenvalue weighted by Gasteiger charge is -2.17. The number of non-ortho nitro benzene ring substituents is 1. The summed E-state index contributed by atoms with van der Waals surface area (Å²) in [5.74, 6) is 0. The van der Waals surface area contributed by atoms with Crippen LogP contribution in [0.15, 0.2) is 46.9 Å². The average Bonchev–Trinajstić information content (AvgIpc) is 2.41. The molecule has 2 aromatic rings. The SMILES string of the molecule is Cc1cc([N+](=O)[O-])ccc1NC(C)c1ccc(Br)cc1. The highest BCUT2D eigenvalue weighted by Gasteiger charge is 2.10. The number of rotatable bonds is 4. The van der Waals surface area contributed by atoms with Crippen LogP contribution >= 0.6 is 15.9 Å². The highest BCUT2D eigenvalue weighted by Crippen LogP contribution is 2.26.